The van der Waals surface area contributed by atoms with Gasteiger partial charge in [0.2, 0.25) is 0 Å². The fourth-order valence-corrected chi connectivity index (χ4v) is 2.41. The number of alkyl halides is 3. The average molecular weight is 382 g/mol. The number of nitrogens with zero attached hydrogens (tertiary/aromatic N) is 2. The summed E-state index contributed by atoms with van der Waals surface area (Å²) in [4.78, 5) is 27.9. The van der Waals surface area contributed by atoms with Crippen molar-refractivity contribution in [2.24, 2.45) is 5.73 Å². The molecule has 1 saturated heterocycles. The molecule has 4 N–H and O–H groups in total. The van der Waals surface area contributed by atoms with E-state index in [0.717, 1.165) is 6.20 Å². The average Bonchev–Trinajstić information content (AvgIpc) is 2.54. The first-order valence-electron chi connectivity index (χ1n) is 7.34. The molecule has 0 aromatic carbocycles. The van der Waals surface area contributed by atoms with Crippen molar-refractivity contribution in [3.05, 3.63) is 29.6 Å². The van der Waals surface area contributed by atoms with Crippen molar-refractivity contribution in [1.29, 1.82) is 0 Å². The molecule has 1 aliphatic rings. The number of rotatable bonds is 5. The summed E-state index contributed by atoms with van der Waals surface area (Å²) in [5, 5.41) is 5.26. The van der Waals surface area contributed by atoms with Gasteiger partial charge in [-0.3, -0.25) is 19.5 Å². The number of piperazine rings is 1. The predicted octanol–water partition coefficient (Wildman–Crippen LogP) is 0.168. The van der Waals surface area contributed by atoms with Gasteiger partial charge in [-0.2, -0.15) is 13.2 Å². The number of pyridine rings is 1. The molecule has 7 nitrogen and oxygen atoms in total. The summed E-state index contributed by atoms with van der Waals surface area (Å²) < 4.78 is 39.7. The Morgan fingerprint density at radius 2 is 1.96 bits per heavy atom. The van der Waals surface area contributed by atoms with Gasteiger partial charge in [-0.1, -0.05) is 0 Å². The molecular formula is C14H19ClF3N5O2. The van der Waals surface area contributed by atoms with Crippen molar-refractivity contribution < 1.29 is 22.8 Å². The summed E-state index contributed by atoms with van der Waals surface area (Å²) in [5.41, 5.74) is 5.06. The largest absolute Gasteiger partial charge is 0.405 e. The zero-order valence-electron chi connectivity index (χ0n) is 13.2. The molecule has 140 valence electrons. The predicted molar refractivity (Wildman–Crippen MR) is 86.6 cm³/mol. The van der Waals surface area contributed by atoms with E-state index >= 15 is 0 Å². The van der Waals surface area contributed by atoms with Crippen molar-refractivity contribution in [2.75, 3.05) is 32.7 Å². The molecule has 0 radical (unpaired) electrons. The third-order valence-electron chi connectivity index (χ3n) is 3.70. The summed E-state index contributed by atoms with van der Waals surface area (Å²) in [6, 6.07) is 0.784. The number of aromatic nitrogens is 1. The van der Waals surface area contributed by atoms with E-state index in [-0.39, 0.29) is 36.8 Å². The van der Waals surface area contributed by atoms with Crippen molar-refractivity contribution in [3.8, 4) is 0 Å². The number of carbonyl (C=O) groups excluding carboxylic acids is 2. The maximum atomic E-state index is 13.2. The van der Waals surface area contributed by atoms with Gasteiger partial charge in [0.15, 0.2) is 0 Å². The molecule has 1 atom stereocenters. The third kappa shape index (κ3) is 5.83. The van der Waals surface area contributed by atoms with Gasteiger partial charge < -0.3 is 16.4 Å². The molecule has 0 bridgehead atoms. The smallest absolute Gasteiger partial charge is 0.364 e. The van der Waals surface area contributed by atoms with Crippen LogP contribution in [0.25, 0.3) is 0 Å². The van der Waals surface area contributed by atoms with Gasteiger partial charge in [-0.15, -0.1) is 12.4 Å². The summed E-state index contributed by atoms with van der Waals surface area (Å²) in [6.07, 6.45) is -3.35. The van der Waals surface area contributed by atoms with Crippen LogP contribution in [0.4, 0.5) is 13.2 Å². The number of primary amides is 1. The van der Waals surface area contributed by atoms with Crippen LogP contribution in [-0.2, 0) is 0 Å². The van der Waals surface area contributed by atoms with E-state index in [1.165, 1.54) is 17.0 Å². The van der Waals surface area contributed by atoms with Crippen LogP contribution >= 0.6 is 12.4 Å². The topological polar surface area (TPSA) is 100 Å². The van der Waals surface area contributed by atoms with E-state index < -0.39 is 30.6 Å². The lowest BCUT2D eigenvalue weighted by molar-refractivity contribution is -0.183. The SMILES string of the molecule is Cl.NC(=O)c1ccc(C(=O)NCC(N2CCNCC2)C(F)(F)F)cn1. The Morgan fingerprint density at radius 1 is 1.32 bits per heavy atom. The van der Waals surface area contributed by atoms with Gasteiger partial charge in [0.05, 0.1) is 5.56 Å². The minimum atomic E-state index is -4.45. The number of hydrogen-bond donors (Lipinski definition) is 3. The van der Waals surface area contributed by atoms with Gasteiger partial charge >= 0.3 is 6.18 Å². The Labute approximate surface area is 148 Å². The Bertz CT molecular complexity index is 591. The number of halogens is 4. The molecule has 1 aromatic heterocycles. The highest BCUT2D eigenvalue weighted by Gasteiger charge is 2.43. The molecule has 2 heterocycles. The van der Waals surface area contributed by atoms with Gasteiger partial charge in [0, 0.05) is 38.9 Å². The van der Waals surface area contributed by atoms with E-state index in [1.807, 2.05) is 0 Å². The number of nitrogens with two attached hydrogens (primary N) is 1. The molecule has 0 spiro atoms. The van der Waals surface area contributed by atoms with E-state index in [0.29, 0.717) is 13.1 Å². The number of hydrogen-bond acceptors (Lipinski definition) is 5. The summed E-state index contributed by atoms with van der Waals surface area (Å²) in [5.74, 6) is -1.44. The maximum absolute atomic E-state index is 13.2. The first-order chi connectivity index (χ1) is 11.3. The van der Waals surface area contributed by atoms with Gasteiger partial charge in [0.25, 0.3) is 11.8 Å². The van der Waals surface area contributed by atoms with E-state index in [1.54, 1.807) is 0 Å². The van der Waals surface area contributed by atoms with E-state index in [9.17, 15) is 22.8 Å². The zero-order chi connectivity index (χ0) is 17.7. The molecule has 1 unspecified atom stereocenters. The molecule has 0 saturated carbocycles. The molecule has 25 heavy (non-hydrogen) atoms. The van der Waals surface area contributed by atoms with Crippen LogP contribution in [0, 0.1) is 0 Å². The van der Waals surface area contributed by atoms with E-state index in [4.69, 9.17) is 5.73 Å². The Morgan fingerprint density at radius 3 is 2.44 bits per heavy atom. The number of nitrogens with one attached hydrogen (secondary N) is 2. The van der Waals surface area contributed by atoms with Gasteiger partial charge in [0.1, 0.15) is 11.7 Å². The maximum Gasteiger partial charge on any atom is 0.405 e. The number of amides is 2. The molecule has 11 heteroatoms. The van der Waals surface area contributed by atoms with Crippen LogP contribution < -0.4 is 16.4 Å². The second-order valence-electron chi connectivity index (χ2n) is 5.35. The molecular weight excluding hydrogens is 363 g/mol. The Balaban J connectivity index is 0.00000312. The highest BCUT2D eigenvalue weighted by atomic mass is 35.5. The molecule has 1 aliphatic heterocycles. The Kier molecular flexibility index (Phi) is 7.59. The fourth-order valence-electron chi connectivity index (χ4n) is 2.41. The second-order valence-corrected chi connectivity index (χ2v) is 5.35. The minimum Gasteiger partial charge on any atom is -0.364 e. The van der Waals surface area contributed by atoms with Crippen molar-refractivity contribution in [3.63, 3.8) is 0 Å². The van der Waals surface area contributed by atoms with Crippen LogP contribution in [0.5, 0.6) is 0 Å². The highest BCUT2D eigenvalue weighted by molar-refractivity contribution is 5.95. The van der Waals surface area contributed by atoms with Crippen LogP contribution in [0.1, 0.15) is 20.8 Å². The summed E-state index contributed by atoms with van der Waals surface area (Å²) in [7, 11) is 0. The molecule has 2 rings (SSSR count). The zero-order valence-corrected chi connectivity index (χ0v) is 14.0. The molecule has 1 aromatic rings. The standard InChI is InChI=1S/C14H18F3N5O2.ClH/c15-14(16,17)11(22-5-3-19-4-6-22)8-21-13(24)9-1-2-10(12(18)23)20-7-9;/h1-2,7,11,19H,3-6,8H2,(H2,18,23)(H,21,24);1H. The van der Waals surface area contributed by atoms with Crippen molar-refractivity contribution in [1.82, 2.24) is 20.5 Å². The molecule has 1 fully saturated rings. The van der Waals surface area contributed by atoms with Crippen LogP contribution in [0.3, 0.4) is 0 Å². The second kappa shape index (κ2) is 8.97. The Hall–Kier alpha value is -1.91. The quantitative estimate of drug-likeness (QED) is 0.675. The van der Waals surface area contributed by atoms with Crippen molar-refractivity contribution in [2.45, 2.75) is 12.2 Å². The first kappa shape index (κ1) is 21.1. The van der Waals surface area contributed by atoms with Gasteiger partial charge in [-0.25, -0.2) is 0 Å². The fraction of sp³-hybridized carbons (Fsp3) is 0.500. The number of carbonyl (C=O) groups is 2. The van der Waals surface area contributed by atoms with Crippen LogP contribution in [0.2, 0.25) is 0 Å². The van der Waals surface area contributed by atoms with Gasteiger partial charge in [-0.05, 0) is 12.1 Å². The minimum absolute atomic E-state index is 0. The monoisotopic (exact) mass is 381 g/mol. The lowest BCUT2D eigenvalue weighted by Crippen LogP contribution is -2.57. The normalized spacial score (nSPS) is 16.6. The summed E-state index contributed by atoms with van der Waals surface area (Å²) >= 11 is 0. The lowest BCUT2D eigenvalue weighted by atomic mass is 10.2. The highest BCUT2D eigenvalue weighted by Crippen LogP contribution is 2.24. The lowest BCUT2D eigenvalue weighted by Gasteiger charge is -2.35. The van der Waals surface area contributed by atoms with Crippen LogP contribution in [-0.4, -0.2) is 66.6 Å². The third-order valence-corrected chi connectivity index (χ3v) is 3.70. The first-order valence-corrected chi connectivity index (χ1v) is 7.34. The molecule has 2 amide bonds. The summed E-state index contributed by atoms with van der Waals surface area (Å²) in [6.45, 7) is 0.905. The van der Waals surface area contributed by atoms with E-state index in [2.05, 4.69) is 15.6 Å². The van der Waals surface area contributed by atoms with Crippen LogP contribution in [0.15, 0.2) is 18.3 Å². The molecule has 0 aliphatic carbocycles. The van der Waals surface area contributed by atoms with Crippen molar-refractivity contribution >= 4 is 24.2 Å².